The highest BCUT2D eigenvalue weighted by Gasteiger charge is 2.47. The molecule has 3 saturated heterocycles. The number of likely N-dealkylation sites (N-methyl/N-ethyl adjacent to an activating group) is 1. The fourth-order valence-corrected chi connectivity index (χ4v) is 11.0. The molecule has 6 atom stereocenters. The SMILES string of the molecule is C=CC(=O)N1CCO[C@H]2CN(C(=O)N(C)[C@H](C(=O)N[C@H]3Cc4coc(n4)-c4ccc5c(c4)c(c(-c4cccnc4[C@H](C)OC)n5CC(F)(F)F)CC(C)(C)COC[C@]4(C(=O)[Si])CCCN(N4)C3=O)C(C)C)C[C@H]21. The molecule has 3 fully saturated rings. The molecule has 391 valence electrons. The number of hydrazine groups is 1. The number of nitrogens with zero attached hydrogens (tertiary/aromatic N) is 7. The summed E-state index contributed by atoms with van der Waals surface area (Å²) >= 11 is 0. The number of ether oxygens (including phenoxy) is 3. The standard InChI is InChI=1S/C51H63F3N9O9Si/c1-9-40(64)61-18-19-71-39-24-60(23-38(39)61)48(68)59(7)42(29(2)3)44(65)57-36-21-32-25-72-45(56-32)31-13-14-37-34(20-31)35(43(62(37)26-51(52,53)54)33-12-10-16-55-41(33)30(4)69-8)22-49(5,6)27-70-28-50(47(67)73)15-11-17-63(58-50)46(36)66/h9-10,12-14,16,20,25,29-30,36,38-39,42,58H,1,11,15,17-19,21-24,26-28H2,2-8H3,(H,57,65)/t30-,36-,38+,39-,42-,50-/m0/s1. The van der Waals surface area contributed by atoms with E-state index >= 15 is 0 Å². The number of hydrogen-bond acceptors (Lipinski definition) is 12. The van der Waals surface area contributed by atoms with Crippen molar-refractivity contribution in [1.29, 1.82) is 0 Å². The maximum absolute atomic E-state index is 14.9. The van der Waals surface area contributed by atoms with Gasteiger partial charge in [-0.25, -0.2) is 15.2 Å². The minimum Gasteiger partial charge on any atom is -0.444 e. The zero-order valence-electron chi connectivity index (χ0n) is 42.2. The summed E-state index contributed by atoms with van der Waals surface area (Å²) < 4.78 is 69.5. The summed E-state index contributed by atoms with van der Waals surface area (Å²) in [5.74, 6) is -1.83. The number of alkyl halides is 3. The first-order chi connectivity index (χ1) is 34.5. The Hall–Kier alpha value is -5.94. The molecule has 22 heteroatoms. The molecule has 6 bridgehead atoms. The summed E-state index contributed by atoms with van der Waals surface area (Å²) in [5.41, 5.74) is 3.75. The number of benzene rings is 1. The third kappa shape index (κ3) is 11.0. The van der Waals surface area contributed by atoms with Crippen molar-refractivity contribution >= 4 is 50.3 Å². The average molecular weight is 1030 g/mol. The van der Waals surface area contributed by atoms with E-state index in [0.717, 1.165) is 0 Å². The van der Waals surface area contributed by atoms with Gasteiger partial charge >= 0.3 is 12.2 Å². The molecule has 18 nitrogen and oxygen atoms in total. The molecule has 0 unspecified atom stereocenters. The minimum atomic E-state index is -4.62. The van der Waals surface area contributed by atoms with E-state index in [-0.39, 0.29) is 69.6 Å². The molecular formula is C51H63F3N9O9Si. The molecule has 0 aliphatic carbocycles. The summed E-state index contributed by atoms with van der Waals surface area (Å²) in [6.07, 6.45) is -0.794. The van der Waals surface area contributed by atoms with Crippen molar-refractivity contribution in [2.24, 2.45) is 11.3 Å². The largest absolute Gasteiger partial charge is 0.444 e. The number of halogens is 3. The van der Waals surface area contributed by atoms with Crippen molar-refractivity contribution < 1.29 is 55.8 Å². The Morgan fingerprint density at radius 1 is 1.12 bits per heavy atom. The van der Waals surface area contributed by atoms with Crippen molar-refractivity contribution in [3.8, 4) is 22.7 Å². The summed E-state index contributed by atoms with van der Waals surface area (Å²) in [6, 6.07) is 5.12. The van der Waals surface area contributed by atoms with E-state index in [1.54, 1.807) is 67.1 Å². The molecule has 5 amide bonds. The number of oxazole rings is 1. The maximum atomic E-state index is 14.9. The normalized spacial score (nSPS) is 23.4. The van der Waals surface area contributed by atoms with Crippen LogP contribution in [0.1, 0.15) is 70.5 Å². The second-order valence-corrected chi connectivity index (χ2v) is 21.1. The van der Waals surface area contributed by atoms with Gasteiger partial charge in [-0.05, 0) is 79.5 Å². The zero-order chi connectivity index (χ0) is 52.7. The number of morpholine rings is 1. The molecule has 3 aromatic heterocycles. The fourth-order valence-electron chi connectivity index (χ4n) is 10.8. The van der Waals surface area contributed by atoms with Gasteiger partial charge in [0.05, 0.1) is 61.7 Å². The number of carbonyl (C=O) groups excluding carboxylic acids is 5. The Morgan fingerprint density at radius 2 is 1.89 bits per heavy atom. The van der Waals surface area contributed by atoms with E-state index in [1.165, 1.54) is 41.0 Å². The van der Waals surface area contributed by atoms with Crippen LogP contribution in [-0.2, 0) is 52.8 Å². The smallest absolute Gasteiger partial charge is 0.406 e. The van der Waals surface area contributed by atoms with Gasteiger partial charge in [0.25, 0.3) is 5.91 Å². The van der Waals surface area contributed by atoms with E-state index in [1.807, 2.05) is 13.8 Å². The second-order valence-electron chi connectivity index (χ2n) is 20.6. The third-order valence-corrected chi connectivity index (χ3v) is 14.8. The second kappa shape index (κ2) is 21.1. The number of likely N-dealkylation sites (tertiary alicyclic amines) is 1. The minimum absolute atomic E-state index is 0.0465. The van der Waals surface area contributed by atoms with E-state index in [4.69, 9.17) is 23.6 Å². The number of carbonyl (C=O) groups is 5. The van der Waals surface area contributed by atoms with Crippen LogP contribution in [0.15, 0.2) is 59.9 Å². The van der Waals surface area contributed by atoms with Gasteiger partial charge in [0.2, 0.25) is 17.7 Å². The maximum Gasteiger partial charge on any atom is 0.406 e. The molecule has 3 radical (unpaired) electrons. The van der Waals surface area contributed by atoms with Crippen LogP contribution < -0.4 is 10.7 Å². The molecule has 4 aromatic rings. The van der Waals surface area contributed by atoms with Gasteiger partial charge in [0, 0.05) is 68.4 Å². The summed E-state index contributed by atoms with van der Waals surface area (Å²) in [6.45, 7) is 12.5. The van der Waals surface area contributed by atoms with Crippen LogP contribution in [0.3, 0.4) is 0 Å². The summed E-state index contributed by atoms with van der Waals surface area (Å²) in [7, 11) is 6.27. The highest BCUT2D eigenvalue weighted by molar-refractivity contribution is 6.60. The van der Waals surface area contributed by atoms with Crippen molar-refractivity contribution in [2.75, 3.05) is 60.2 Å². The highest BCUT2D eigenvalue weighted by atomic mass is 28.1. The molecule has 7 heterocycles. The van der Waals surface area contributed by atoms with Gasteiger partial charge in [-0.3, -0.25) is 24.4 Å². The van der Waals surface area contributed by atoms with Crippen LogP contribution in [0.4, 0.5) is 18.0 Å². The van der Waals surface area contributed by atoms with Crippen LogP contribution in [0.5, 0.6) is 0 Å². The molecule has 73 heavy (non-hydrogen) atoms. The van der Waals surface area contributed by atoms with E-state index in [0.29, 0.717) is 58.6 Å². The number of nitrogens with one attached hydrogen (secondary N) is 2. The summed E-state index contributed by atoms with van der Waals surface area (Å²) in [5, 5.41) is 4.24. The van der Waals surface area contributed by atoms with Crippen LogP contribution >= 0.6 is 0 Å². The van der Waals surface area contributed by atoms with Gasteiger partial charge in [0.15, 0.2) is 0 Å². The van der Waals surface area contributed by atoms with Gasteiger partial charge in [-0.15, -0.1) is 0 Å². The van der Waals surface area contributed by atoms with Gasteiger partial charge in [-0.1, -0.05) is 34.3 Å². The van der Waals surface area contributed by atoms with Crippen molar-refractivity contribution in [3.05, 3.63) is 72.4 Å². The lowest BCUT2D eigenvalue weighted by Crippen LogP contribution is -2.68. The number of pyridine rings is 1. The highest BCUT2D eigenvalue weighted by Crippen LogP contribution is 2.43. The number of hydrogen-bond donors (Lipinski definition) is 2. The first-order valence-electron chi connectivity index (χ1n) is 24.5. The lowest BCUT2D eigenvalue weighted by molar-refractivity contribution is -0.148. The topological polar surface area (TPSA) is 194 Å². The number of amides is 5. The fraction of sp³-hybridized carbons (Fsp3) is 0.549. The monoisotopic (exact) mass is 1030 g/mol. The Balaban J connectivity index is 1.18. The molecule has 4 aliphatic rings. The Bertz CT molecular complexity index is 2760. The van der Waals surface area contributed by atoms with E-state index in [2.05, 4.69) is 32.5 Å². The number of urea groups is 1. The number of aromatic nitrogens is 3. The van der Waals surface area contributed by atoms with E-state index in [9.17, 15) is 37.1 Å². The predicted octanol–water partition coefficient (Wildman–Crippen LogP) is 4.99. The van der Waals surface area contributed by atoms with Crippen molar-refractivity contribution in [2.45, 2.75) is 109 Å². The number of methoxy groups -OCH3 is 1. The first kappa shape index (κ1) is 53.4. The van der Waals surface area contributed by atoms with E-state index < -0.39 is 83.2 Å². The summed E-state index contributed by atoms with van der Waals surface area (Å²) in [4.78, 5) is 84.0. The van der Waals surface area contributed by atoms with Crippen LogP contribution in [0, 0.1) is 11.3 Å². The van der Waals surface area contributed by atoms with Gasteiger partial charge < -0.3 is 48.0 Å². The van der Waals surface area contributed by atoms with Crippen LogP contribution in [0.2, 0.25) is 0 Å². The molecule has 1 aromatic carbocycles. The zero-order valence-corrected chi connectivity index (χ0v) is 43.2. The molecular weight excluding hydrogens is 968 g/mol. The molecule has 0 spiro atoms. The van der Waals surface area contributed by atoms with Crippen molar-refractivity contribution in [3.63, 3.8) is 0 Å². The van der Waals surface area contributed by atoms with Crippen LogP contribution in [0.25, 0.3) is 33.6 Å². The molecule has 4 aliphatic heterocycles. The molecule has 2 N–H and O–H groups in total. The van der Waals surface area contributed by atoms with Gasteiger partial charge in [-0.2, -0.15) is 13.2 Å². The average Bonchev–Trinajstić information content (AvgIpc) is 4.08. The molecule has 8 rings (SSSR count). The quantitative estimate of drug-likeness (QED) is 0.160. The first-order valence-corrected chi connectivity index (χ1v) is 25.0. The van der Waals surface area contributed by atoms with Crippen molar-refractivity contribution in [1.82, 2.24) is 45.0 Å². The predicted molar refractivity (Wildman–Crippen MR) is 262 cm³/mol. The lowest BCUT2D eigenvalue weighted by Gasteiger charge is -2.43. The van der Waals surface area contributed by atoms with Gasteiger partial charge in [0.1, 0.15) is 46.1 Å². The Labute approximate surface area is 425 Å². The Morgan fingerprint density at radius 3 is 2.59 bits per heavy atom. The lowest BCUT2D eigenvalue weighted by atomic mass is 9.84. The Kier molecular flexibility index (Phi) is 15.4. The molecule has 0 saturated carbocycles. The van der Waals surface area contributed by atoms with Crippen LogP contribution in [-0.4, -0.2) is 170 Å². The third-order valence-electron chi connectivity index (χ3n) is 14.3. The number of rotatable bonds is 10. The number of fused-ring (bicyclic) bond motifs is 7.